The van der Waals surface area contributed by atoms with Crippen molar-refractivity contribution < 1.29 is 25.2 Å². The van der Waals surface area contributed by atoms with Crippen molar-refractivity contribution in [1.82, 2.24) is 0 Å². The Labute approximate surface area is 172 Å². The van der Waals surface area contributed by atoms with E-state index in [1.165, 1.54) is 12.1 Å². The summed E-state index contributed by atoms with van der Waals surface area (Å²) in [6, 6.07) is 23.5. The lowest BCUT2D eigenvalue weighted by atomic mass is 9.85. The van der Waals surface area contributed by atoms with Crippen molar-refractivity contribution in [1.29, 1.82) is 0 Å². The van der Waals surface area contributed by atoms with Crippen molar-refractivity contribution in [2.24, 2.45) is 0 Å². The second-order valence-electron chi connectivity index (χ2n) is 6.75. The maximum absolute atomic E-state index is 13.4. The van der Waals surface area contributed by atoms with E-state index < -0.39 is 23.0 Å². The average molecular weight is 398 g/mol. The van der Waals surface area contributed by atoms with Crippen LogP contribution in [0.25, 0.3) is 22.3 Å². The molecule has 0 radical (unpaired) electrons. The molecule has 0 saturated carbocycles. The largest absolute Gasteiger partial charge is 0.507 e. The molecule has 30 heavy (non-hydrogen) atoms. The number of phenols is 4. The number of hydrogen-bond donors (Lipinski definition) is 4. The number of hydrogen-bond acceptors (Lipinski definition) is 5. The van der Waals surface area contributed by atoms with E-state index in [1.807, 2.05) is 0 Å². The highest BCUT2D eigenvalue weighted by atomic mass is 16.3. The SMILES string of the molecule is O=C(c1ccccc1O)c1c(O)c(O)c(O)c(-c2ccccc2)c1-c1ccccc1. The number of phenolic OH excluding ortho intramolecular Hbond substituents is 4. The number of aromatic hydroxyl groups is 4. The summed E-state index contributed by atoms with van der Waals surface area (Å²) in [6.07, 6.45) is 0. The quantitative estimate of drug-likeness (QED) is 0.284. The van der Waals surface area contributed by atoms with E-state index >= 15 is 0 Å². The Hall–Kier alpha value is -4.25. The van der Waals surface area contributed by atoms with Crippen LogP contribution in [0.2, 0.25) is 0 Å². The van der Waals surface area contributed by atoms with Gasteiger partial charge in [0.2, 0.25) is 11.5 Å². The summed E-state index contributed by atoms with van der Waals surface area (Å²) in [4.78, 5) is 13.4. The lowest BCUT2D eigenvalue weighted by molar-refractivity contribution is 0.103. The molecule has 0 spiro atoms. The number of para-hydroxylation sites is 1. The smallest absolute Gasteiger partial charge is 0.201 e. The van der Waals surface area contributed by atoms with Crippen LogP contribution in [-0.4, -0.2) is 26.2 Å². The molecule has 0 aliphatic heterocycles. The third-order valence-electron chi connectivity index (χ3n) is 4.92. The van der Waals surface area contributed by atoms with Crippen LogP contribution < -0.4 is 0 Å². The van der Waals surface area contributed by atoms with Crippen LogP contribution in [0.3, 0.4) is 0 Å². The molecule has 0 fully saturated rings. The summed E-state index contributed by atoms with van der Waals surface area (Å²) in [7, 11) is 0. The minimum atomic E-state index is -0.799. The summed E-state index contributed by atoms with van der Waals surface area (Å²) < 4.78 is 0. The third-order valence-corrected chi connectivity index (χ3v) is 4.92. The van der Waals surface area contributed by atoms with E-state index in [1.54, 1.807) is 72.8 Å². The van der Waals surface area contributed by atoms with Crippen LogP contribution in [0.5, 0.6) is 23.0 Å². The zero-order valence-corrected chi connectivity index (χ0v) is 15.8. The summed E-state index contributed by atoms with van der Waals surface area (Å²) in [6.45, 7) is 0. The molecule has 148 valence electrons. The first-order valence-electron chi connectivity index (χ1n) is 9.25. The third kappa shape index (κ3) is 3.12. The van der Waals surface area contributed by atoms with Crippen molar-refractivity contribution in [3.8, 4) is 45.3 Å². The van der Waals surface area contributed by atoms with Gasteiger partial charge in [0, 0.05) is 11.1 Å². The van der Waals surface area contributed by atoms with Crippen LogP contribution in [0.1, 0.15) is 15.9 Å². The van der Waals surface area contributed by atoms with E-state index in [9.17, 15) is 25.2 Å². The van der Waals surface area contributed by atoms with E-state index in [0.717, 1.165) is 0 Å². The first kappa shape index (κ1) is 19.1. The van der Waals surface area contributed by atoms with Crippen LogP contribution in [0, 0.1) is 0 Å². The molecule has 0 aliphatic carbocycles. The highest BCUT2D eigenvalue weighted by Gasteiger charge is 2.30. The first-order chi connectivity index (χ1) is 14.5. The fourth-order valence-corrected chi connectivity index (χ4v) is 3.51. The molecule has 0 atom stereocenters. The Balaban J connectivity index is 2.14. The number of benzene rings is 4. The first-order valence-corrected chi connectivity index (χ1v) is 9.25. The zero-order valence-electron chi connectivity index (χ0n) is 15.8. The van der Waals surface area contributed by atoms with Gasteiger partial charge in [-0.15, -0.1) is 0 Å². The van der Waals surface area contributed by atoms with Crippen LogP contribution in [0.15, 0.2) is 84.9 Å². The van der Waals surface area contributed by atoms with E-state index in [4.69, 9.17) is 0 Å². The molecule has 0 aromatic heterocycles. The maximum atomic E-state index is 13.4. The molecular formula is C25H18O5. The summed E-state index contributed by atoms with van der Waals surface area (Å²) in [5.41, 5.74) is 1.32. The van der Waals surface area contributed by atoms with Crippen molar-refractivity contribution >= 4 is 5.78 Å². The van der Waals surface area contributed by atoms with Gasteiger partial charge in [-0.3, -0.25) is 4.79 Å². The molecule has 0 bridgehead atoms. The van der Waals surface area contributed by atoms with Gasteiger partial charge in [0.25, 0.3) is 0 Å². The second kappa shape index (κ2) is 7.64. The van der Waals surface area contributed by atoms with Gasteiger partial charge in [-0.25, -0.2) is 0 Å². The fourth-order valence-electron chi connectivity index (χ4n) is 3.51. The molecular weight excluding hydrogens is 380 g/mol. The molecule has 0 amide bonds. The van der Waals surface area contributed by atoms with Gasteiger partial charge in [0.05, 0.1) is 11.1 Å². The van der Waals surface area contributed by atoms with E-state index in [-0.39, 0.29) is 28.0 Å². The van der Waals surface area contributed by atoms with Crippen molar-refractivity contribution in [3.05, 3.63) is 96.1 Å². The van der Waals surface area contributed by atoms with Gasteiger partial charge in [0.15, 0.2) is 11.5 Å². The molecule has 5 nitrogen and oxygen atoms in total. The predicted molar refractivity (Wildman–Crippen MR) is 114 cm³/mol. The molecule has 4 aromatic rings. The van der Waals surface area contributed by atoms with Gasteiger partial charge >= 0.3 is 0 Å². The highest BCUT2D eigenvalue weighted by Crippen LogP contribution is 2.52. The fraction of sp³-hybridized carbons (Fsp3) is 0. The summed E-state index contributed by atoms with van der Waals surface area (Å²) in [5.74, 6) is -3.02. The number of ketones is 1. The Kier molecular flexibility index (Phi) is 4.86. The molecule has 4 N–H and O–H groups in total. The molecule has 0 heterocycles. The zero-order chi connectivity index (χ0) is 21.3. The Bertz CT molecular complexity index is 1230. The highest BCUT2D eigenvalue weighted by molar-refractivity contribution is 6.19. The van der Waals surface area contributed by atoms with Gasteiger partial charge in [-0.1, -0.05) is 72.8 Å². The molecule has 4 rings (SSSR count). The molecule has 0 aliphatic rings. The molecule has 4 aromatic carbocycles. The summed E-state index contributed by atoms with van der Waals surface area (Å²) >= 11 is 0. The number of rotatable bonds is 4. The summed E-state index contributed by atoms with van der Waals surface area (Å²) in [5, 5.41) is 42.1. The van der Waals surface area contributed by atoms with Crippen LogP contribution >= 0.6 is 0 Å². The topological polar surface area (TPSA) is 98.0 Å². The number of carbonyl (C=O) groups is 1. The van der Waals surface area contributed by atoms with Gasteiger partial charge in [-0.2, -0.15) is 0 Å². The Morgan fingerprint density at radius 2 is 1.03 bits per heavy atom. The lowest BCUT2D eigenvalue weighted by Crippen LogP contribution is -2.06. The minimum Gasteiger partial charge on any atom is -0.507 e. The van der Waals surface area contributed by atoms with Gasteiger partial charge in [-0.05, 0) is 23.3 Å². The molecule has 0 saturated heterocycles. The van der Waals surface area contributed by atoms with Crippen LogP contribution in [-0.2, 0) is 0 Å². The minimum absolute atomic E-state index is 0.0333. The Morgan fingerprint density at radius 3 is 1.60 bits per heavy atom. The van der Waals surface area contributed by atoms with Crippen LogP contribution in [0.4, 0.5) is 0 Å². The number of carbonyl (C=O) groups excluding carboxylic acids is 1. The average Bonchev–Trinajstić information content (AvgIpc) is 2.78. The van der Waals surface area contributed by atoms with Crippen molar-refractivity contribution in [2.75, 3.05) is 0 Å². The maximum Gasteiger partial charge on any atom is 0.201 e. The monoisotopic (exact) mass is 398 g/mol. The lowest BCUT2D eigenvalue weighted by Gasteiger charge is -2.19. The normalized spacial score (nSPS) is 10.7. The van der Waals surface area contributed by atoms with Crippen molar-refractivity contribution in [2.45, 2.75) is 0 Å². The predicted octanol–water partition coefficient (Wildman–Crippen LogP) is 5.07. The second-order valence-corrected chi connectivity index (χ2v) is 6.75. The van der Waals surface area contributed by atoms with Crippen molar-refractivity contribution in [3.63, 3.8) is 0 Å². The standard InChI is InChI=1S/C25H18O5/c26-18-14-8-7-13-17(18)22(27)21-19(15-9-3-1-4-10-15)20(16-11-5-2-6-12-16)23(28)25(30)24(21)29/h1-14,26,28-30H. The molecule has 0 unspecified atom stereocenters. The van der Waals surface area contributed by atoms with Gasteiger partial charge in [0.1, 0.15) is 5.75 Å². The van der Waals surface area contributed by atoms with E-state index in [2.05, 4.69) is 0 Å². The Morgan fingerprint density at radius 1 is 0.533 bits per heavy atom. The van der Waals surface area contributed by atoms with Gasteiger partial charge < -0.3 is 20.4 Å². The van der Waals surface area contributed by atoms with E-state index in [0.29, 0.717) is 11.1 Å². The molecule has 5 heteroatoms.